The van der Waals surface area contributed by atoms with Crippen LogP contribution in [0, 0.1) is 0 Å². The molecule has 7 rings (SSSR count). The Morgan fingerprint density at radius 3 is 2.22 bits per heavy atom. The zero-order chi connectivity index (χ0) is 32.2. The van der Waals surface area contributed by atoms with Crippen LogP contribution in [0.3, 0.4) is 0 Å². The second-order valence-corrected chi connectivity index (χ2v) is 15.6. The fraction of sp³-hybridized carbons (Fsp3) is 0.400. The Bertz CT molecular complexity index is 1900. The van der Waals surface area contributed by atoms with Gasteiger partial charge in [0.25, 0.3) is 5.92 Å². The van der Waals surface area contributed by atoms with E-state index < -0.39 is 33.5 Å². The molecule has 2 unspecified atom stereocenters. The average molecular weight is 713 g/mol. The minimum Gasteiger partial charge on any atom is -0.490 e. The van der Waals surface area contributed by atoms with Gasteiger partial charge in [-0.15, -0.1) is 0 Å². The number of nitrogens with two attached hydrogens (primary N) is 1. The van der Waals surface area contributed by atoms with Crippen LogP contribution < -0.4 is 15.2 Å². The van der Waals surface area contributed by atoms with E-state index in [2.05, 4.69) is 20.7 Å². The number of carbonyl (C=O) groups is 1. The molecule has 2 aliphatic heterocycles. The fourth-order valence-corrected chi connectivity index (χ4v) is 9.07. The highest BCUT2D eigenvalue weighted by Gasteiger charge is 2.53. The van der Waals surface area contributed by atoms with Gasteiger partial charge in [0.15, 0.2) is 6.04 Å². The molecule has 2 heterocycles. The first-order valence-corrected chi connectivity index (χ1v) is 18.1. The summed E-state index contributed by atoms with van der Waals surface area (Å²) in [5, 5.41) is 2.65. The summed E-state index contributed by atoms with van der Waals surface area (Å²) in [4.78, 5) is 15.4. The molecular formula is C35H36BrF2N3O4S. The second kappa shape index (κ2) is 12.2. The third kappa shape index (κ3) is 6.03. The maximum atomic E-state index is 16.7. The molecule has 0 spiro atoms. The van der Waals surface area contributed by atoms with Crippen molar-refractivity contribution < 1.29 is 26.7 Å². The van der Waals surface area contributed by atoms with Crippen molar-refractivity contribution >= 4 is 53.4 Å². The third-order valence-electron chi connectivity index (χ3n) is 9.79. The van der Waals surface area contributed by atoms with Crippen LogP contribution in [-0.4, -0.2) is 49.5 Å². The molecule has 4 aromatic rings. The summed E-state index contributed by atoms with van der Waals surface area (Å²) < 4.78 is 70.1. The normalized spacial score (nSPS) is 22.9. The van der Waals surface area contributed by atoms with Gasteiger partial charge in [0.05, 0.1) is 11.0 Å². The van der Waals surface area contributed by atoms with Crippen molar-refractivity contribution in [2.24, 2.45) is 5.73 Å². The summed E-state index contributed by atoms with van der Waals surface area (Å²) in [7, 11) is -4.57. The molecule has 3 fully saturated rings. The molecule has 2 bridgehead atoms. The summed E-state index contributed by atoms with van der Waals surface area (Å²) in [5.41, 5.74) is 5.75. The monoisotopic (exact) mass is 711 g/mol. The Morgan fingerprint density at radius 1 is 0.870 bits per heavy atom. The standard InChI is InChI=1S/C35H36BrF2N3O4S/c36-26-10-6-21-15-25(9-5-22(21)16-26)35(37,38)33(34(42)41-28-11-12-29(41)20-27(39)19-28)40-46(43,44)32-14-8-23-17-31(13-7-24(23)18-32)45-30-3-1-2-4-30/h5-10,13-18,27-30,33,40H,1-4,11-12,19-20,39H2/t27?,28?,29?,33-/m1/s1. The number of piperidine rings is 1. The number of fused-ring (bicyclic) bond motifs is 4. The highest BCUT2D eigenvalue weighted by atomic mass is 79.9. The van der Waals surface area contributed by atoms with Crippen LogP contribution in [0.2, 0.25) is 0 Å². The first kappa shape index (κ1) is 31.5. The molecule has 46 heavy (non-hydrogen) atoms. The number of halogens is 3. The van der Waals surface area contributed by atoms with E-state index >= 15 is 8.78 Å². The highest BCUT2D eigenvalue weighted by molar-refractivity contribution is 9.10. The van der Waals surface area contributed by atoms with Gasteiger partial charge >= 0.3 is 0 Å². The first-order chi connectivity index (χ1) is 22.0. The van der Waals surface area contributed by atoms with Gasteiger partial charge in [-0.05, 0) is 115 Å². The van der Waals surface area contributed by atoms with E-state index in [1.54, 1.807) is 42.5 Å². The van der Waals surface area contributed by atoms with Crippen LogP contribution in [0.15, 0.2) is 82.2 Å². The number of alkyl halides is 2. The third-order valence-corrected chi connectivity index (χ3v) is 11.7. The summed E-state index contributed by atoms with van der Waals surface area (Å²) in [5.74, 6) is -4.09. The Hall–Kier alpha value is -3.12. The Morgan fingerprint density at radius 2 is 1.48 bits per heavy atom. The van der Waals surface area contributed by atoms with Crippen molar-refractivity contribution in [3.63, 3.8) is 0 Å². The van der Waals surface area contributed by atoms with Crippen LogP contribution in [0.5, 0.6) is 5.75 Å². The lowest BCUT2D eigenvalue weighted by atomic mass is 9.94. The minimum absolute atomic E-state index is 0.126. The zero-order valence-corrected chi connectivity index (χ0v) is 27.6. The van der Waals surface area contributed by atoms with Gasteiger partial charge < -0.3 is 15.4 Å². The van der Waals surface area contributed by atoms with E-state index in [0.717, 1.165) is 40.9 Å². The van der Waals surface area contributed by atoms with Crippen molar-refractivity contribution in [2.75, 3.05) is 0 Å². The van der Waals surface area contributed by atoms with Crippen molar-refractivity contribution in [1.82, 2.24) is 9.62 Å². The lowest BCUT2D eigenvalue weighted by molar-refractivity contribution is -0.148. The van der Waals surface area contributed by atoms with Crippen LogP contribution in [-0.2, 0) is 20.7 Å². The lowest BCUT2D eigenvalue weighted by Crippen LogP contribution is -2.60. The van der Waals surface area contributed by atoms with Crippen molar-refractivity contribution in [3.05, 3.63) is 82.8 Å². The lowest BCUT2D eigenvalue weighted by Gasteiger charge is -2.41. The van der Waals surface area contributed by atoms with Gasteiger partial charge in [0, 0.05) is 28.2 Å². The van der Waals surface area contributed by atoms with Gasteiger partial charge in [0.1, 0.15) is 5.75 Å². The van der Waals surface area contributed by atoms with Crippen LogP contribution in [0.4, 0.5) is 8.78 Å². The summed E-state index contributed by atoms with van der Waals surface area (Å²) in [6.07, 6.45) is 6.76. The molecule has 7 nitrogen and oxygen atoms in total. The molecule has 0 aromatic heterocycles. The number of nitrogens with zero attached hydrogens (tertiary/aromatic N) is 1. The van der Waals surface area contributed by atoms with Gasteiger partial charge in [-0.3, -0.25) is 4.79 Å². The van der Waals surface area contributed by atoms with Crippen molar-refractivity contribution in [1.29, 1.82) is 0 Å². The second-order valence-electron chi connectivity index (χ2n) is 12.9. The van der Waals surface area contributed by atoms with E-state index in [1.165, 1.54) is 29.2 Å². The fourth-order valence-electron chi connectivity index (χ4n) is 7.46. The number of nitrogens with one attached hydrogen (secondary N) is 1. The molecule has 1 amide bonds. The molecule has 3 atom stereocenters. The molecule has 3 aliphatic rings. The van der Waals surface area contributed by atoms with Gasteiger partial charge in [-0.25, -0.2) is 8.42 Å². The van der Waals surface area contributed by atoms with Gasteiger partial charge in [0.2, 0.25) is 15.9 Å². The molecule has 11 heteroatoms. The number of benzene rings is 4. The van der Waals surface area contributed by atoms with Crippen LogP contribution in [0.25, 0.3) is 21.5 Å². The zero-order valence-electron chi connectivity index (χ0n) is 25.2. The van der Waals surface area contributed by atoms with Crippen LogP contribution >= 0.6 is 15.9 Å². The first-order valence-electron chi connectivity index (χ1n) is 15.9. The van der Waals surface area contributed by atoms with Crippen molar-refractivity contribution in [2.45, 2.75) is 92.5 Å². The Kier molecular flexibility index (Phi) is 8.32. The number of ether oxygens (including phenoxy) is 1. The molecule has 1 aliphatic carbocycles. The Labute approximate surface area is 275 Å². The van der Waals surface area contributed by atoms with Gasteiger partial charge in [-0.1, -0.05) is 46.3 Å². The smallest absolute Gasteiger partial charge is 0.298 e. The Balaban J connectivity index is 1.23. The molecule has 2 saturated heterocycles. The number of sulfonamides is 1. The minimum atomic E-state index is -4.57. The maximum Gasteiger partial charge on any atom is 0.298 e. The quantitative estimate of drug-likeness (QED) is 0.205. The van der Waals surface area contributed by atoms with E-state index in [4.69, 9.17) is 10.5 Å². The molecule has 4 aromatic carbocycles. The molecular weight excluding hydrogens is 676 g/mol. The number of hydrogen-bond donors (Lipinski definition) is 2. The molecule has 3 N–H and O–H groups in total. The summed E-state index contributed by atoms with van der Waals surface area (Å²) in [6, 6.07) is 16.1. The summed E-state index contributed by atoms with van der Waals surface area (Å²) >= 11 is 3.40. The summed E-state index contributed by atoms with van der Waals surface area (Å²) in [6.45, 7) is 0. The van der Waals surface area contributed by atoms with E-state index in [-0.39, 0.29) is 29.1 Å². The predicted molar refractivity (Wildman–Crippen MR) is 177 cm³/mol. The SMILES string of the molecule is NC1CC2CCC(C1)N2C(=O)[C@@H](NS(=O)(=O)c1ccc2cc(OC3CCCC3)ccc2c1)C(F)(F)c1ccc2cc(Br)ccc2c1. The number of rotatable bonds is 8. The average Bonchev–Trinajstić information content (AvgIpc) is 3.64. The predicted octanol–water partition coefficient (Wildman–Crippen LogP) is 7.00. The number of hydrogen-bond acceptors (Lipinski definition) is 5. The molecule has 242 valence electrons. The van der Waals surface area contributed by atoms with Crippen molar-refractivity contribution in [3.8, 4) is 5.75 Å². The maximum absolute atomic E-state index is 16.7. The number of amides is 1. The van der Waals surface area contributed by atoms with Crippen LogP contribution in [0.1, 0.15) is 56.9 Å². The molecule has 1 saturated carbocycles. The molecule has 0 radical (unpaired) electrons. The topological polar surface area (TPSA) is 102 Å². The highest BCUT2D eigenvalue weighted by Crippen LogP contribution is 2.41. The largest absolute Gasteiger partial charge is 0.490 e. The van der Waals surface area contributed by atoms with Gasteiger partial charge in [-0.2, -0.15) is 13.5 Å². The number of carbonyl (C=O) groups excluding carboxylic acids is 1. The van der Waals surface area contributed by atoms with E-state index in [1.807, 2.05) is 6.07 Å². The van der Waals surface area contributed by atoms with E-state index in [0.29, 0.717) is 42.2 Å². The van der Waals surface area contributed by atoms with E-state index in [9.17, 15) is 13.2 Å².